The molecule has 1 aromatic heterocycles. The Bertz CT molecular complexity index is 853. The summed E-state index contributed by atoms with van der Waals surface area (Å²) in [5.74, 6) is 0.790. The van der Waals surface area contributed by atoms with Crippen LogP contribution in [0.3, 0.4) is 0 Å². The van der Waals surface area contributed by atoms with Crippen LogP contribution in [0.5, 0.6) is 0 Å². The SMILES string of the molecule is Clc1ccc(-c2nnn3c2CO[C@@H]2CN(CCC4CCOCC4)C[C@H]23)c(Cl)c1. The quantitative estimate of drug-likeness (QED) is 0.749. The zero-order valence-electron chi connectivity index (χ0n) is 15.7. The molecule has 3 aliphatic heterocycles. The van der Waals surface area contributed by atoms with Gasteiger partial charge in [0.1, 0.15) is 5.69 Å². The van der Waals surface area contributed by atoms with Gasteiger partial charge in [0.15, 0.2) is 0 Å². The number of ether oxygens (including phenoxy) is 2. The smallest absolute Gasteiger partial charge is 0.120 e. The van der Waals surface area contributed by atoms with Crippen molar-refractivity contribution in [2.45, 2.75) is 38.0 Å². The van der Waals surface area contributed by atoms with Gasteiger partial charge in [0.2, 0.25) is 0 Å². The lowest BCUT2D eigenvalue weighted by atomic mass is 9.96. The summed E-state index contributed by atoms with van der Waals surface area (Å²) >= 11 is 12.4. The van der Waals surface area contributed by atoms with Crippen molar-refractivity contribution in [1.82, 2.24) is 19.9 Å². The van der Waals surface area contributed by atoms with Gasteiger partial charge in [0.25, 0.3) is 0 Å². The molecule has 4 heterocycles. The van der Waals surface area contributed by atoms with Crippen LogP contribution < -0.4 is 0 Å². The van der Waals surface area contributed by atoms with Crippen LogP contribution in [-0.4, -0.2) is 58.8 Å². The van der Waals surface area contributed by atoms with Crippen LogP contribution in [0.25, 0.3) is 11.3 Å². The van der Waals surface area contributed by atoms with E-state index >= 15 is 0 Å². The molecule has 2 saturated heterocycles. The lowest BCUT2D eigenvalue weighted by molar-refractivity contribution is -0.00504. The van der Waals surface area contributed by atoms with Crippen molar-refractivity contribution in [3.8, 4) is 11.3 Å². The summed E-state index contributed by atoms with van der Waals surface area (Å²) in [6.45, 7) is 5.37. The number of fused-ring (bicyclic) bond motifs is 3. The van der Waals surface area contributed by atoms with Crippen molar-refractivity contribution in [3.05, 3.63) is 33.9 Å². The van der Waals surface area contributed by atoms with Crippen LogP contribution >= 0.6 is 23.2 Å². The van der Waals surface area contributed by atoms with Gasteiger partial charge in [-0.25, -0.2) is 4.68 Å². The Morgan fingerprint density at radius 1 is 1.14 bits per heavy atom. The van der Waals surface area contributed by atoms with E-state index in [1.807, 2.05) is 12.1 Å². The van der Waals surface area contributed by atoms with Crippen molar-refractivity contribution >= 4 is 23.2 Å². The van der Waals surface area contributed by atoms with Crippen LogP contribution in [0.15, 0.2) is 18.2 Å². The van der Waals surface area contributed by atoms with E-state index in [4.69, 9.17) is 32.7 Å². The minimum atomic E-state index is 0.178. The average molecular weight is 423 g/mol. The highest BCUT2D eigenvalue weighted by atomic mass is 35.5. The monoisotopic (exact) mass is 422 g/mol. The molecule has 2 fully saturated rings. The summed E-state index contributed by atoms with van der Waals surface area (Å²) in [4.78, 5) is 2.51. The maximum atomic E-state index is 6.39. The van der Waals surface area contributed by atoms with Gasteiger partial charge >= 0.3 is 0 Å². The van der Waals surface area contributed by atoms with Gasteiger partial charge in [0.05, 0.1) is 29.5 Å². The molecule has 0 amide bonds. The third-order valence-corrected chi connectivity index (χ3v) is 6.78. The van der Waals surface area contributed by atoms with Crippen LogP contribution in [0.4, 0.5) is 0 Å². The second kappa shape index (κ2) is 7.92. The maximum absolute atomic E-state index is 6.39. The zero-order chi connectivity index (χ0) is 19.1. The van der Waals surface area contributed by atoms with Crippen LogP contribution in [0, 0.1) is 5.92 Å². The Hall–Kier alpha value is -1.18. The van der Waals surface area contributed by atoms with E-state index in [0.717, 1.165) is 55.7 Å². The van der Waals surface area contributed by atoms with Gasteiger partial charge in [0, 0.05) is 36.9 Å². The van der Waals surface area contributed by atoms with E-state index in [2.05, 4.69) is 19.9 Å². The first-order chi connectivity index (χ1) is 13.7. The molecule has 0 bridgehead atoms. The Labute approximate surface area is 174 Å². The summed E-state index contributed by atoms with van der Waals surface area (Å²) in [7, 11) is 0. The highest BCUT2D eigenvalue weighted by Crippen LogP contribution is 2.37. The number of rotatable bonds is 4. The summed E-state index contributed by atoms with van der Waals surface area (Å²) in [6, 6.07) is 5.68. The normalized spacial score (nSPS) is 25.6. The molecule has 5 rings (SSSR count). The fraction of sp³-hybridized carbons (Fsp3) is 0.600. The number of hydrogen-bond acceptors (Lipinski definition) is 5. The molecule has 150 valence electrons. The van der Waals surface area contributed by atoms with Crippen molar-refractivity contribution < 1.29 is 9.47 Å². The maximum Gasteiger partial charge on any atom is 0.120 e. The van der Waals surface area contributed by atoms with Gasteiger partial charge in [-0.3, -0.25) is 4.90 Å². The minimum absolute atomic E-state index is 0.178. The predicted molar refractivity (Wildman–Crippen MR) is 108 cm³/mol. The molecule has 0 unspecified atom stereocenters. The topological polar surface area (TPSA) is 52.4 Å². The Balaban J connectivity index is 1.30. The summed E-state index contributed by atoms with van der Waals surface area (Å²) in [6.07, 6.45) is 3.79. The molecule has 0 saturated carbocycles. The number of likely N-dealkylation sites (tertiary alicyclic amines) is 1. The molecule has 28 heavy (non-hydrogen) atoms. The molecule has 0 spiro atoms. The van der Waals surface area contributed by atoms with Crippen LogP contribution in [0.2, 0.25) is 10.0 Å². The molecule has 0 radical (unpaired) electrons. The highest BCUT2D eigenvalue weighted by Gasteiger charge is 2.40. The fourth-order valence-corrected chi connectivity index (χ4v) is 5.10. The Morgan fingerprint density at radius 3 is 2.82 bits per heavy atom. The molecule has 6 nitrogen and oxygen atoms in total. The molecular formula is C20H24Cl2N4O2. The van der Waals surface area contributed by atoms with Crippen molar-refractivity contribution in [2.24, 2.45) is 5.92 Å². The highest BCUT2D eigenvalue weighted by molar-refractivity contribution is 6.36. The molecule has 0 aliphatic carbocycles. The predicted octanol–water partition coefficient (Wildman–Crippen LogP) is 3.82. The van der Waals surface area contributed by atoms with Crippen molar-refractivity contribution in [3.63, 3.8) is 0 Å². The molecular weight excluding hydrogens is 399 g/mol. The number of halogens is 2. The van der Waals surface area contributed by atoms with Crippen LogP contribution in [0.1, 0.15) is 31.0 Å². The third kappa shape index (κ3) is 3.57. The zero-order valence-corrected chi connectivity index (χ0v) is 17.2. The third-order valence-electron chi connectivity index (χ3n) is 6.23. The molecule has 0 N–H and O–H groups in total. The number of hydrogen-bond donors (Lipinski definition) is 0. The first-order valence-electron chi connectivity index (χ1n) is 10.00. The number of benzene rings is 1. The lowest BCUT2D eigenvalue weighted by Gasteiger charge is -2.26. The van der Waals surface area contributed by atoms with E-state index in [9.17, 15) is 0 Å². The first kappa shape index (κ1) is 18.8. The van der Waals surface area contributed by atoms with E-state index < -0.39 is 0 Å². The largest absolute Gasteiger partial charge is 0.381 e. The molecule has 2 aromatic rings. The second-order valence-corrected chi connectivity index (χ2v) is 8.82. The van der Waals surface area contributed by atoms with E-state index in [1.165, 1.54) is 19.3 Å². The first-order valence-corrected chi connectivity index (χ1v) is 10.8. The molecule has 1 aromatic carbocycles. The van der Waals surface area contributed by atoms with Gasteiger partial charge in [-0.05, 0) is 49.9 Å². The van der Waals surface area contributed by atoms with Gasteiger partial charge in [-0.1, -0.05) is 28.4 Å². The van der Waals surface area contributed by atoms with E-state index in [-0.39, 0.29) is 12.1 Å². The molecule has 2 atom stereocenters. The van der Waals surface area contributed by atoms with Crippen LogP contribution in [-0.2, 0) is 16.1 Å². The van der Waals surface area contributed by atoms with Crippen molar-refractivity contribution in [2.75, 3.05) is 32.8 Å². The summed E-state index contributed by atoms with van der Waals surface area (Å²) in [5, 5.41) is 10.1. The number of nitrogens with zero attached hydrogens (tertiary/aromatic N) is 4. The standard InChI is InChI=1S/C20H24Cl2N4O2/c21-14-1-2-15(16(22)9-14)20-18-12-28-19-11-25(10-17(19)26(18)24-23-20)6-3-13-4-7-27-8-5-13/h1-2,9,13,17,19H,3-8,10-12H2/t17-,19-/m1/s1. The molecule has 8 heteroatoms. The fourth-order valence-electron chi connectivity index (χ4n) is 4.61. The average Bonchev–Trinajstić information content (AvgIpc) is 3.31. The number of aromatic nitrogens is 3. The van der Waals surface area contributed by atoms with E-state index in [1.54, 1.807) is 6.07 Å². The van der Waals surface area contributed by atoms with Gasteiger partial charge in [-0.15, -0.1) is 5.10 Å². The minimum Gasteiger partial charge on any atom is -0.381 e. The van der Waals surface area contributed by atoms with E-state index in [0.29, 0.717) is 16.7 Å². The Morgan fingerprint density at radius 2 is 2.00 bits per heavy atom. The Kier molecular flexibility index (Phi) is 5.32. The second-order valence-electron chi connectivity index (χ2n) is 7.97. The lowest BCUT2D eigenvalue weighted by Crippen LogP contribution is -2.32. The summed E-state index contributed by atoms with van der Waals surface area (Å²) < 4.78 is 13.7. The molecule has 3 aliphatic rings. The van der Waals surface area contributed by atoms with Crippen molar-refractivity contribution in [1.29, 1.82) is 0 Å². The summed E-state index contributed by atoms with van der Waals surface area (Å²) in [5.41, 5.74) is 2.64. The van der Waals surface area contributed by atoms with Gasteiger partial charge in [-0.2, -0.15) is 0 Å². The van der Waals surface area contributed by atoms with Gasteiger partial charge < -0.3 is 9.47 Å².